The van der Waals surface area contributed by atoms with E-state index in [4.69, 9.17) is 0 Å². The molecular formula is C15H28N2O. The normalized spacial score (nSPS) is 40.2. The topological polar surface area (TPSA) is 26.7 Å². The van der Waals surface area contributed by atoms with E-state index in [9.17, 15) is 5.11 Å². The summed E-state index contributed by atoms with van der Waals surface area (Å²) in [6, 6.07) is 1.24. The number of fused-ring (bicyclic) bond motifs is 1. The number of rotatable bonds is 1. The number of piperazine rings is 1. The van der Waals surface area contributed by atoms with Crippen LogP contribution in [-0.2, 0) is 0 Å². The first-order valence-corrected chi connectivity index (χ1v) is 8.01. The highest BCUT2D eigenvalue weighted by Gasteiger charge is 2.34. The summed E-state index contributed by atoms with van der Waals surface area (Å²) in [4.78, 5) is 5.30. The Bertz CT molecular complexity index is 271. The van der Waals surface area contributed by atoms with Crippen molar-refractivity contribution in [1.82, 2.24) is 9.80 Å². The van der Waals surface area contributed by atoms with E-state index >= 15 is 0 Å². The van der Waals surface area contributed by atoms with E-state index in [1.54, 1.807) is 0 Å². The van der Waals surface area contributed by atoms with Crippen molar-refractivity contribution in [3.05, 3.63) is 0 Å². The van der Waals surface area contributed by atoms with Crippen molar-refractivity contribution in [2.45, 2.75) is 69.6 Å². The lowest BCUT2D eigenvalue weighted by Crippen LogP contribution is -2.59. The van der Waals surface area contributed by atoms with Crippen molar-refractivity contribution in [1.29, 1.82) is 0 Å². The molecule has 0 aromatic rings. The summed E-state index contributed by atoms with van der Waals surface area (Å²) < 4.78 is 0. The molecule has 3 rings (SSSR count). The van der Waals surface area contributed by atoms with Crippen LogP contribution in [0.25, 0.3) is 0 Å². The van der Waals surface area contributed by atoms with Crippen LogP contribution in [0, 0.1) is 0 Å². The van der Waals surface area contributed by atoms with E-state index in [2.05, 4.69) is 9.80 Å². The van der Waals surface area contributed by atoms with Crippen LogP contribution in [0.5, 0.6) is 0 Å². The Morgan fingerprint density at radius 3 is 2.44 bits per heavy atom. The maximum Gasteiger partial charge on any atom is 0.0695 e. The average molecular weight is 252 g/mol. The molecule has 3 atom stereocenters. The summed E-state index contributed by atoms with van der Waals surface area (Å²) in [5, 5.41) is 10.3. The number of nitrogens with zero attached hydrogens (tertiary/aromatic N) is 2. The SMILES string of the molecule is OC1CCCCCC1N1CCN2CCCCC2C1. The first kappa shape index (κ1) is 12.9. The van der Waals surface area contributed by atoms with Gasteiger partial charge in [0.2, 0.25) is 0 Å². The van der Waals surface area contributed by atoms with Crippen LogP contribution in [0.15, 0.2) is 0 Å². The van der Waals surface area contributed by atoms with Gasteiger partial charge in [-0.15, -0.1) is 0 Å². The molecule has 0 aromatic heterocycles. The molecule has 0 amide bonds. The van der Waals surface area contributed by atoms with Crippen molar-refractivity contribution in [2.24, 2.45) is 0 Å². The smallest absolute Gasteiger partial charge is 0.0695 e. The third kappa shape index (κ3) is 2.73. The quantitative estimate of drug-likeness (QED) is 0.722. The molecule has 0 bridgehead atoms. The minimum Gasteiger partial charge on any atom is -0.391 e. The second-order valence-electron chi connectivity index (χ2n) is 6.45. The minimum absolute atomic E-state index is 0.0670. The average Bonchev–Trinajstić information content (AvgIpc) is 2.63. The molecule has 3 nitrogen and oxygen atoms in total. The zero-order valence-corrected chi connectivity index (χ0v) is 11.6. The molecule has 0 radical (unpaired) electrons. The first-order valence-electron chi connectivity index (χ1n) is 8.01. The lowest BCUT2D eigenvalue weighted by Gasteiger charge is -2.47. The predicted molar refractivity (Wildman–Crippen MR) is 73.7 cm³/mol. The number of hydrogen-bond acceptors (Lipinski definition) is 3. The maximum absolute atomic E-state index is 10.3. The molecule has 3 fully saturated rings. The van der Waals surface area contributed by atoms with Crippen molar-refractivity contribution in [3.63, 3.8) is 0 Å². The summed E-state index contributed by atoms with van der Waals surface area (Å²) in [5.74, 6) is 0. The Morgan fingerprint density at radius 2 is 1.50 bits per heavy atom. The molecule has 18 heavy (non-hydrogen) atoms. The highest BCUT2D eigenvalue weighted by atomic mass is 16.3. The zero-order valence-electron chi connectivity index (χ0n) is 11.6. The van der Waals surface area contributed by atoms with E-state index in [-0.39, 0.29) is 6.10 Å². The van der Waals surface area contributed by atoms with Gasteiger partial charge in [0, 0.05) is 31.7 Å². The number of aliphatic hydroxyl groups is 1. The molecule has 1 N–H and O–H groups in total. The molecule has 0 spiro atoms. The van der Waals surface area contributed by atoms with Crippen molar-refractivity contribution < 1.29 is 5.11 Å². The Kier molecular flexibility index (Phi) is 4.22. The minimum atomic E-state index is -0.0670. The van der Waals surface area contributed by atoms with Gasteiger partial charge in [0.25, 0.3) is 0 Å². The highest BCUT2D eigenvalue weighted by Crippen LogP contribution is 2.27. The summed E-state index contributed by atoms with van der Waals surface area (Å²) >= 11 is 0. The van der Waals surface area contributed by atoms with Crippen molar-refractivity contribution in [3.8, 4) is 0 Å². The molecule has 104 valence electrons. The highest BCUT2D eigenvalue weighted by molar-refractivity contribution is 4.90. The lowest BCUT2D eigenvalue weighted by atomic mass is 9.96. The summed E-state index contributed by atoms with van der Waals surface area (Å²) in [7, 11) is 0. The maximum atomic E-state index is 10.3. The molecule has 1 saturated carbocycles. The molecule has 3 aliphatic rings. The molecule has 2 aliphatic heterocycles. The first-order chi connectivity index (χ1) is 8.84. The monoisotopic (exact) mass is 252 g/mol. The molecule has 0 aromatic carbocycles. The number of hydrogen-bond donors (Lipinski definition) is 1. The molecule has 2 saturated heterocycles. The third-order valence-corrected chi connectivity index (χ3v) is 5.28. The van der Waals surface area contributed by atoms with Gasteiger partial charge in [0.05, 0.1) is 6.10 Å². The summed E-state index contributed by atoms with van der Waals surface area (Å²) in [6.07, 6.45) is 10.2. The van der Waals surface area contributed by atoms with Gasteiger partial charge in [0.1, 0.15) is 0 Å². The zero-order chi connectivity index (χ0) is 12.4. The van der Waals surface area contributed by atoms with Crippen LogP contribution in [0.4, 0.5) is 0 Å². The fourth-order valence-electron chi connectivity index (χ4n) is 4.18. The molecule has 1 aliphatic carbocycles. The number of aliphatic hydroxyl groups excluding tert-OH is 1. The van der Waals surface area contributed by atoms with E-state index in [1.807, 2.05) is 0 Å². The Labute approximate surface area is 111 Å². The Balaban J connectivity index is 1.61. The van der Waals surface area contributed by atoms with Crippen molar-refractivity contribution >= 4 is 0 Å². The van der Waals surface area contributed by atoms with Gasteiger partial charge in [-0.25, -0.2) is 0 Å². The summed E-state index contributed by atoms with van der Waals surface area (Å²) in [5.41, 5.74) is 0. The van der Waals surface area contributed by atoms with Crippen LogP contribution in [0.3, 0.4) is 0 Å². The van der Waals surface area contributed by atoms with Gasteiger partial charge in [-0.1, -0.05) is 25.7 Å². The fraction of sp³-hybridized carbons (Fsp3) is 1.00. The van der Waals surface area contributed by atoms with Crippen LogP contribution in [0.1, 0.15) is 51.4 Å². The van der Waals surface area contributed by atoms with Crippen LogP contribution < -0.4 is 0 Å². The lowest BCUT2D eigenvalue weighted by molar-refractivity contribution is -0.0168. The van der Waals surface area contributed by atoms with Crippen LogP contribution in [0.2, 0.25) is 0 Å². The van der Waals surface area contributed by atoms with Crippen LogP contribution >= 0.6 is 0 Å². The number of piperidine rings is 1. The van der Waals surface area contributed by atoms with Gasteiger partial charge >= 0.3 is 0 Å². The second-order valence-corrected chi connectivity index (χ2v) is 6.45. The Morgan fingerprint density at radius 1 is 0.722 bits per heavy atom. The van der Waals surface area contributed by atoms with E-state index in [0.717, 1.165) is 12.5 Å². The van der Waals surface area contributed by atoms with Gasteiger partial charge in [0.15, 0.2) is 0 Å². The fourth-order valence-corrected chi connectivity index (χ4v) is 4.18. The standard InChI is InChI=1S/C15H28N2O/c18-15-8-3-1-2-7-14(15)17-11-10-16-9-5-4-6-13(16)12-17/h13-15,18H,1-12H2. The predicted octanol–water partition coefficient (Wildman–Crippen LogP) is 1.85. The molecule has 3 heteroatoms. The van der Waals surface area contributed by atoms with Gasteiger partial charge in [-0.2, -0.15) is 0 Å². The van der Waals surface area contributed by atoms with Crippen molar-refractivity contribution in [2.75, 3.05) is 26.2 Å². The largest absolute Gasteiger partial charge is 0.391 e. The van der Waals surface area contributed by atoms with E-state index < -0.39 is 0 Å². The van der Waals surface area contributed by atoms with Gasteiger partial charge < -0.3 is 5.11 Å². The molecular weight excluding hydrogens is 224 g/mol. The van der Waals surface area contributed by atoms with Gasteiger partial charge in [-0.3, -0.25) is 9.80 Å². The van der Waals surface area contributed by atoms with Gasteiger partial charge in [-0.05, 0) is 32.2 Å². The molecule has 3 unspecified atom stereocenters. The second kappa shape index (κ2) is 5.89. The van der Waals surface area contributed by atoms with E-state index in [1.165, 1.54) is 71.1 Å². The third-order valence-electron chi connectivity index (χ3n) is 5.28. The molecule has 2 heterocycles. The van der Waals surface area contributed by atoms with Crippen LogP contribution in [-0.4, -0.2) is 59.3 Å². The van der Waals surface area contributed by atoms with E-state index in [0.29, 0.717) is 6.04 Å². The summed E-state index contributed by atoms with van der Waals surface area (Å²) in [6.45, 7) is 4.93. The Hall–Kier alpha value is -0.120.